The van der Waals surface area contributed by atoms with Gasteiger partial charge >= 0.3 is 6.18 Å². The van der Waals surface area contributed by atoms with Crippen LogP contribution in [0.1, 0.15) is 16.7 Å². The van der Waals surface area contributed by atoms with Gasteiger partial charge in [0.2, 0.25) is 0 Å². The lowest BCUT2D eigenvalue weighted by Crippen LogP contribution is -2.13. The Morgan fingerprint density at radius 2 is 1.76 bits per heavy atom. The standard InChI is InChI=1S/C19H16F3N3/c1-12-6-8-13(9-7-12)17-14-10-11-23-18(14)25(24-17)16-5-3-2-4-15(16)19(20,21)22/h2-9,23H,10-11H2,1H3. The third-order valence-corrected chi connectivity index (χ3v) is 4.41. The van der Waals surface area contributed by atoms with E-state index in [-0.39, 0.29) is 5.69 Å². The van der Waals surface area contributed by atoms with Crippen LogP contribution in [0.15, 0.2) is 48.5 Å². The van der Waals surface area contributed by atoms with Gasteiger partial charge in [0.15, 0.2) is 0 Å². The van der Waals surface area contributed by atoms with Crippen molar-refractivity contribution in [2.75, 3.05) is 11.9 Å². The van der Waals surface area contributed by atoms with E-state index in [2.05, 4.69) is 10.4 Å². The molecule has 25 heavy (non-hydrogen) atoms. The summed E-state index contributed by atoms with van der Waals surface area (Å²) < 4.78 is 41.6. The molecule has 0 atom stereocenters. The minimum Gasteiger partial charge on any atom is -0.369 e. The van der Waals surface area contributed by atoms with Crippen LogP contribution in [0.5, 0.6) is 0 Å². The van der Waals surface area contributed by atoms with Gasteiger partial charge in [0.1, 0.15) is 5.82 Å². The van der Waals surface area contributed by atoms with Gasteiger partial charge in [0.05, 0.1) is 16.9 Å². The SMILES string of the molecule is Cc1ccc(-c2nn(-c3ccccc3C(F)(F)F)c3c2CCN3)cc1. The van der Waals surface area contributed by atoms with Crippen LogP contribution in [0.4, 0.5) is 19.0 Å². The molecule has 6 heteroatoms. The minimum atomic E-state index is -4.43. The maximum absolute atomic E-state index is 13.4. The van der Waals surface area contributed by atoms with E-state index in [1.54, 1.807) is 6.07 Å². The van der Waals surface area contributed by atoms with Crippen molar-refractivity contribution in [1.82, 2.24) is 9.78 Å². The summed E-state index contributed by atoms with van der Waals surface area (Å²) in [6.07, 6.45) is -3.69. The molecule has 0 spiro atoms. The van der Waals surface area contributed by atoms with Crippen LogP contribution in [0.25, 0.3) is 16.9 Å². The number of fused-ring (bicyclic) bond motifs is 1. The average molecular weight is 343 g/mol. The zero-order valence-corrected chi connectivity index (χ0v) is 13.6. The second-order valence-electron chi connectivity index (χ2n) is 6.15. The summed E-state index contributed by atoms with van der Waals surface area (Å²) in [7, 11) is 0. The third-order valence-electron chi connectivity index (χ3n) is 4.41. The Morgan fingerprint density at radius 1 is 1.04 bits per heavy atom. The second kappa shape index (κ2) is 5.65. The van der Waals surface area contributed by atoms with Crippen molar-refractivity contribution in [2.45, 2.75) is 19.5 Å². The molecule has 0 radical (unpaired) electrons. The van der Waals surface area contributed by atoms with Crippen molar-refractivity contribution in [3.05, 3.63) is 65.2 Å². The normalized spacial score (nSPS) is 13.6. The number of aromatic nitrogens is 2. The van der Waals surface area contributed by atoms with E-state index in [4.69, 9.17) is 0 Å². The molecule has 0 unspecified atom stereocenters. The van der Waals surface area contributed by atoms with Gasteiger partial charge < -0.3 is 5.32 Å². The van der Waals surface area contributed by atoms with Gasteiger partial charge in [-0.2, -0.15) is 18.3 Å². The van der Waals surface area contributed by atoms with Gasteiger partial charge in [-0.25, -0.2) is 4.68 Å². The first-order chi connectivity index (χ1) is 11.9. The predicted molar refractivity (Wildman–Crippen MR) is 90.9 cm³/mol. The summed E-state index contributed by atoms with van der Waals surface area (Å²) >= 11 is 0. The van der Waals surface area contributed by atoms with Gasteiger partial charge in [-0.1, -0.05) is 42.0 Å². The van der Waals surface area contributed by atoms with Crippen LogP contribution >= 0.6 is 0 Å². The molecule has 0 bridgehead atoms. The maximum atomic E-state index is 13.4. The van der Waals surface area contributed by atoms with Crippen molar-refractivity contribution < 1.29 is 13.2 Å². The van der Waals surface area contributed by atoms with E-state index in [0.29, 0.717) is 12.4 Å². The van der Waals surface area contributed by atoms with Crippen molar-refractivity contribution in [3.63, 3.8) is 0 Å². The highest BCUT2D eigenvalue weighted by atomic mass is 19.4. The molecule has 0 saturated carbocycles. The van der Waals surface area contributed by atoms with E-state index in [0.717, 1.165) is 34.9 Å². The van der Waals surface area contributed by atoms with E-state index < -0.39 is 11.7 Å². The Hall–Kier alpha value is -2.76. The van der Waals surface area contributed by atoms with Crippen LogP contribution in [-0.4, -0.2) is 16.3 Å². The Bertz CT molecular complexity index is 924. The second-order valence-corrected chi connectivity index (χ2v) is 6.15. The summed E-state index contributed by atoms with van der Waals surface area (Å²) in [5, 5.41) is 7.71. The number of nitrogens with zero attached hydrogens (tertiary/aromatic N) is 2. The molecule has 0 amide bonds. The van der Waals surface area contributed by atoms with Crippen molar-refractivity contribution in [2.24, 2.45) is 0 Å². The highest BCUT2D eigenvalue weighted by molar-refractivity contribution is 5.73. The molecule has 1 aliphatic heterocycles. The zero-order chi connectivity index (χ0) is 17.6. The Labute approximate surface area is 143 Å². The Morgan fingerprint density at radius 3 is 2.48 bits per heavy atom. The number of halogens is 3. The molecule has 4 rings (SSSR count). The van der Waals surface area contributed by atoms with E-state index in [1.807, 2.05) is 31.2 Å². The summed E-state index contributed by atoms with van der Waals surface area (Å²) in [4.78, 5) is 0. The van der Waals surface area contributed by atoms with E-state index >= 15 is 0 Å². The first-order valence-electron chi connectivity index (χ1n) is 8.04. The summed E-state index contributed by atoms with van der Waals surface area (Å²) in [6, 6.07) is 13.4. The number of benzene rings is 2. The lowest BCUT2D eigenvalue weighted by Gasteiger charge is -2.14. The molecule has 1 aliphatic rings. The first-order valence-corrected chi connectivity index (χ1v) is 8.04. The summed E-state index contributed by atoms with van der Waals surface area (Å²) in [5.41, 5.74) is 3.08. The van der Waals surface area contributed by atoms with Crippen molar-refractivity contribution in [3.8, 4) is 16.9 Å². The van der Waals surface area contributed by atoms with Gasteiger partial charge in [0.25, 0.3) is 0 Å². The van der Waals surface area contributed by atoms with Crippen LogP contribution in [-0.2, 0) is 12.6 Å². The van der Waals surface area contributed by atoms with Gasteiger partial charge in [-0.3, -0.25) is 0 Å². The molecule has 1 aromatic heterocycles. The maximum Gasteiger partial charge on any atom is 0.418 e. The molecule has 1 N–H and O–H groups in total. The van der Waals surface area contributed by atoms with Crippen LogP contribution < -0.4 is 5.32 Å². The fourth-order valence-electron chi connectivity index (χ4n) is 3.19. The van der Waals surface area contributed by atoms with Crippen LogP contribution in [0.2, 0.25) is 0 Å². The number of anilines is 1. The number of hydrogen-bond donors (Lipinski definition) is 1. The molecule has 0 saturated heterocycles. The monoisotopic (exact) mass is 343 g/mol. The number of nitrogens with one attached hydrogen (secondary N) is 1. The zero-order valence-electron chi connectivity index (χ0n) is 13.6. The third kappa shape index (κ3) is 2.67. The first kappa shape index (κ1) is 15.7. The molecule has 2 heterocycles. The highest BCUT2D eigenvalue weighted by Crippen LogP contribution is 2.39. The quantitative estimate of drug-likeness (QED) is 0.722. The predicted octanol–water partition coefficient (Wildman–Crippen LogP) is 4.83. The Balaban J connectivity index is 1.91. The van der Waals surface area contributed by atoms with Gasteiger partial charge in [0, 0.05) is 17.7 Å². The van der Waals surface area contributed by atoms with E-state index in [1.165, 1.54) is 16.8 Å². The number of rotatable bonds is 2. The molecule has 3 nitrogen and oxygen atoms in total. The smallest absolute Gasteiger partial charge is 0.369 e. The number of alkyl halides is 3. The largest absolute Gasteiger partial charge is 0.418 e. The van der Waals surface area contributed by atoms with Gasteiger partial charge in [-0.15, -0.1) is 0 Å². The molecule has 0 fully saturated rings. The lowest BCUT2D eigenvalue weighted by molar-refractivity contribution is -0.137. The molecule has 3 aromatic rings. The molecule has 128 valence electrons. The lowest BCUT2D eigenvalue weighted by atomic mass is 10.1. The highest BCUT2D eigenvalue weighted by Gasteiger charge is 2.35. The number of hydrogen-bond acceptors (Lipinski definition) is 2. The molecular formula is C19H16F3N3. The molecular weight excluding hydrogens is 327 g/mol. The van der Waals surface area contributed by atoms with Crippen molar-refractivity contribution in [1.29, 1.82) is 0 Å². The average Bonchev–Trinajstić information content (AvgIpc) is 3.17. The van der Waals surface area contributed by atoms with Crippen LogP contribution in [0.3, 0.4) is 0 Å². The number of para-hydroxylation sites is 1. The fourth-order valence-corrected chi connectivity index (χ4v) is 3.19. The summed E-state index contributed by atoms with van der Waals surface area (Å²) in [6.45, 7) is 2.69. The fraction of sp³-hybridized carbons (Fsp3) is 0.211. The molecule has 0 aliphatic carbocycles. The molecule has 2 aromatic carbocycles. The summed E-state index contributed by atoms with van der Waals surface area (Å²) in [5.74, 6) is 0.646. The van der Waals surface area contributed by atoms with E-state index in [9.17, 15) is 13.2 Å². The number of aryl methyl sites for hydroxylation is 1. The topological polar surface area (TPSA) is 29.9 Å². The van der Waals surface area contributed by atoms with Crippen molar-refractivity contribution >= 4 is 5.82 Å². The van der Waals surface area contributed by atoms with Gasteiger partial charge in [-0.05, 0) is 25.5 Å². The Kier molecular flexibility index (Phi) is 3.56. The minimum absolute atomic E-state index is 0.0408. The van der Waals surface area contributed by atoms with Crippen LogP contribution in [0, 0.1) is 6.92 Å².